The van der Waals surface area contributed by atoms with Crippen LogP contribution in [0.5, 0.6) is 0 Å². The first-order chi connectivity index (χ1) is 15.4. The second-order valence-corrected chi connectivity index (χ2v) is 8.61. The topological polar surface area (TPSA) is 144 Å². The summed E-state index contributed by atoms with van der Waals surface area (Å²) in [6, 6.07) is 2.81. The highest BCUT2D eigenvalue weighted by atomic mass is 32.2. The second-order valence-electron chi connectivity index (χ2n) is 6.93. The molecule has 0 saturated heterocycles. The number of nitrogens with zero attached hydrogens (tertiary/aromatic N) is 5. The molecule has 1 atom stereocenters. The van der Waals surface area contributed by atoms with Crippen molar-refractivity contribution in [2.24, 2.45) is 0 Å². The summed E-state index contributed by atoms with van der Waals surface area (Å²) in [5.41, 5.74) is -4.94. The number of sulfonamides is 1. The highest BCUT2D eigenvalue weighted by Crippen LogP contribution is 2.30. The zero-order chi connectivity index (χ0) is 24.4. The third-order valence-electron chi connectivity index (χ3n) is 4.42. The van der Waals surface area contributed by atoms with Gasteiger partial charge in [0.1, 0.15) is 6.33 Å². The van der Waals surface area contributed by atoms with E-state index in [-0.39, 0.29) is 22.9 Å². The van der Waals surface area contributed by atoms with E-state index in [4.69, 9.17) is 0 Å². The Morgan fingerprint density at radius 2 is 1.70 bits per heavy atom. The van der Waals surface area contributed by atoms with Gasteiger partial charge in [-0.3, -0.25) is 4.72 Å². The van der Waals surface area contributed by atoms with Crippen molar-refractivity contribution in [2.75, 3.05) is 10.0 Å². The zero-order valence-electron chi connectivity index (χ0n) is 17.5. The van der Waals surface area contributed by atoms with Crippen molar-refractivity contribution in [1.29, 1.82) is 0 Å². The fraction of sp³-hybridized carbons (Fsp3) is 0.278. The van der Waals surface area contributed by atoms with E-state index in [1.54, 1.807) is 19.9 Å². The summed E-state index contributed by atoms with van der Waals surface area (Å²) < 4.78 is 63.9. The van der Waals surface area contributed by atoms with E-state index in [9.17, 15) is 26.4 Å². The molecule has 33 heavy (non-hydrogen) atoms. The fourth-order valence-electron chi connectivity index (χ4n) is 2.82. The molecular weight excluding hydrogens is 465 g/mol. The van der Waals surface area contributed by atoms with Crippen LogP contribution < -0.4 is 15.4 Å². The summed E-state index contributed by atoms with van der Waals surface area (Å²) in [6.45, 7) is 4.68. The van der Waals surface area contributed by atoms with Crippen molar-refractivity contribution in [3.05, 3.63) is 53.9 Å². The van der Waals surface area contributed by atoms with Gasteiger partial charge in [0.15, 0.2) is 5.82 Å². The van der Waals surface area contributed by atoms with Gasteiger partial charge in [-0.1, -0.05) is 6.07 Å². The third kappa shape index (κ3) is 5.36. The molecule has 2 amide bonds. The molecule has 0 radical (unpaired) electrons. The number of aryl methyl sites for hydroxylation is 2. The fourth-order valence-corrected chi connectivity index (χ4v) is 3.44. The van der Waals surface area contributed by atoms with Crippen LogP contribution >= 0.6 is 0 Å². The van der Waals surface area contributed by atoms with Gasteiger partial charge in [-0.2, -0.15) is 31.4 Å². The normalized spacial score (nSPS) is 12.8. The van der Waals surface area contributed by atoms with E-state index in [0.29, 0.717) is 11.4 Å². The molecule has 0 aliphatic rings. The third-order valence-corrected chi connectivity index (χ3v) is 5.52. The molecule has 0 aliphatic carbocycles. The Labute approximate surface area is 186 Å². The minimum atomic E-state index is -5.62. The van der Waals surface area contributed by atoms with Crippen LogP contribution in [-0.2, 0) is 10.0 Å². The van der Waals surface area contributed by atoms with Gasteiger partial charge >= 0.3 is 21.6 Å². The number of carbonyl (C=O) groups excluding carboxylic acids is 1. The number of amides is 2. The molecule has 176 valence electrons. The Balaban J connectivity index is 1.77. The molecule has 0 spiro atoms. The summed E-state index contributed by atoms with van der Waals surface area (Å²) in [5, 5.41) is 9.17. The lowest BCUT2D eigenvalue weighted by Crippen LogP contribution is -2.33. The van der Waals surface area contributed by atoms with Crippen LogP contribution in [0.25, 0.3) is 5.95 Å². The summed E-state index contributed by atoms with van der Waals surface area (Å²) in [5.74, 6) is 0.575. The van der Waals surface area contributed by atoms with Crippen LogP contribution in [0.1, 0.15) is 29.9 Å². The quantitative estimate of drug-likeness (QED) is 0.488. The van der Waals surface area contributed by atoms with Crippen molar-refractivity contribution in [3.8, 4) is 5.95 Å². The first kappa shape index (κ1) is 23.9. The number of alkyl halides is 3. The van der Waals surface area contributed by atoms with Crippen LogP contribution in [0.4, 0.5) is 29.3 Å². The Kier molecular flexibility index (Phi) is 6.53. The minimum Gasteiger partial charge on any atom is -0.328 e. The largest absolute Gasteiger partial charge is 0.516 e. The number of carbonyl (C=O) groups is 1. The van der Waals surface area contributed by atoms with Crippen LogP contribution in [0, 0.1) is 13.8 Å². The Hall–Kier alpha value is -3.75. The number of hydrogen-bond acceptors (Lipinski definition) is 7. The van der Waals surface area contributed by atoms with Gasteiger partial charge in [0.25, 0.3) is 5.95 Å². The van der Waals surface area contributed by atoms with E-state index >= 15 is 0 Å². The molecule has 3 N–H and O–H groups in total. The number of nitrogens with one attached hydrogen (secondary N) is 3. The molecule has 2 heterocycles. The van der Waals surface area contributed by atoms with Crippen LogP contribution in [0.3, 0.4) is 0 Å². The highest BCUT2D eigenvalue weighted by Gasteiger charge is 2.46. The first-order valence-electron chi connectivity index (χ1n) is 9.34. The van der Waals surface area contributed by atoms with Crippen LogP contribution in [-0.4, -0.2) is 44.7 Å². The smallest absolute Gasteiger partial charge is 0.328 e. The number of rotatable bonds is 6. The van der Waals surface area contributed by atoms with E-state index in [0.717, 1.165) is 6.07 Å². The summed E-state index contributed by atoms with van der Waals surface area (Å²) >= 11 is 0. The standard InChI is InChI=1S/C18H19F3N8O3S/c1-10-7-11(2)14(28-33(31,32)18(19,20)21)8-13(10)27-17(30)26-12(3)15-24-9-25-29(15)16-22-5-4-6-23-16/h4-9,12,28H,1-3H3,(H2,26,27,30). The number of benzene rings is 1. The first-order valence-corrected chi connectivity index (χ1v) is 10.8. The second kappa shape index (κ2) is 9.01. The van der Waals surface area contributed by atoms with Crippen molar-refractivity contribution < 1.29 is 26.4 Å². The molecule has 1 aromatic carbocycles. The Bertz CT molecular complexity index is 1260. The average Bonchev–Trinajstić information content (AvgIpc) is 3.21. The maximum Gasteiger partial charge on any atom is 0.516 e. The maximum atomic E-state index is 12.7. The molecule has 0 bridgehead atoms. The van der Waals surface area contributed by atoms with Gasteiger partial charge in [-0.15, -0.1) is 0 Å². The predicted octanol–water partition coefficient (Wildman–Crippen LogP) is 2.82. The van der Waals surface area contributed by atoms with E-state index in [2.05, 4.69) is 30.7 Å². The zero-order valence-corrected chi connectivity index (χ0v) is 18.4. The molecule has 2 aromatic heterocycles. The van der Waals surface area contributed by atoms with Gasteiger partial charge in [0.05, 0.1) is 11.7 Å². The molecule has 1 unspecified atom stereocenters. The predicted molar refractivity (Wildman–Crippen MR) is 112 cm³/mol. The van der Waals surface area contributed by atoms with Crippen molar-refractivity contribution >= 4 is 27.4 Å². The number of aromatic nitrogens is 5. The molecule has 3 rings (SSSR count). The summed E-state index contributed by atoms with van der Waals surface area (Å²) in [4.78, 5) is 24.8. The molecule has 11 nitrogen and oxygen atoms in total. The monoisotopic (exact) mass is 484 g/mol. The lowest BCUT2D eigenvalue weighted by atomic mass is 10.1. The number of urea groups is 1. The highest BCUT2D eigenvalue weighted by molar-refractivity contribution is 7.93. The molecular formula is C18H19F3N8O3S. The van der Waals surface area contributed by atoms with Crippen LogP contribution in [0.2, 0.25) is 0 Å². The van der Waals surface area contributed by atoms with Gasteiger partial charge in [-0.25, -0.2) is 19.7 Å². The van der Waals surface area contributed by atoms with Crippen LogP contribution in [0.15, 0.2) is 36.9 Å². The lowest BCUT2D eigenvalue weighted by molar-refractivity contribution is -0.0429. The van der Waals surface area contributed by atoms with Crippen molar-refractivity contribution in [3.63, 3.8) is 0 Å². The van der Waals surface area contributed by atoms with Gasteiger partial charge in [-0.05, 0) is 44.0 Å². The number of halogens is 3. The lowest BCUT2D eigenvalue weighted by Gasteiger charge is -2.18. The van der Waals surface area contributed by atoms with E-state index in [1.807, 2.05) is 0 Å². The number of hydrogen-bond donors (Lipinski definition) is 3. The molecule has 0 saturated carbocycles. The van der Waals surface area contributed by atoms with E-state index in [1.165, 1.54) is 41.1 Å². The molecule has 15 heteroatoms. The van der Waals surface area contributed by atoms with Gasteiger partial charge in [0.2, 0.25) is 0 Å². The Morgan fingerprint density at radius 3 is 2.33 bits per heavy atom. The minimum absolute atomic E-state index is 0.109. The van der Waals surface area contributed by atoms with E-state index < -0.39 is 27.6 Å². The SMILES string of the molecule is Cc1cc(C)c(NS(=O)(=O)C(F)(F)F)cc1NC(=O)NC(C)c1ncnn1-c1ncccn1. The molecule has 3 aromatic rings. The summed E-state index contributed by atoms with van der Waals surface area (Å²) in [7, 11) is -5.62. The van der Waals surface area contributed by atoms with Gasteiger partial charge in [0, 0.05) is 18.1 Å². The van der Waals surface area contributed by atoms with Crippen molar-refractivity contribution in [1.82, 2.24) is 30.0 Å². The summed E-state index contributed by atoms with van der Waals surface area (Å²) in [6.07, 6.45) is 4.30. The molecule has 0 fully saturated rings. The molecule has 0 aliphatic heterocycles. The Morgan fingerprint density at radius 1 is 1.06 bits per heavy atom. The average molecular weight is 484 g/mol. The maximum absolute atomic E-state index is 12.7. The van der Waals surface area contributed by atoms with Crippen molar-refractivity contribution in [2.45, 2.75) is 32.3 Å². The van der Waals surface area contributed by atoms with Gasteiger partial charge < -0.3 is 10.6 Å². The number of anilines is 2.